The molecule has 0 saturated carbocycles. The van der Waals surface area contributed by atoms with Gasteiger partial charge in [-0.15, -0.1) is 0 Å². The van der Waals surface area contributed by atoms with Gasteiger partial charge in [0.15, 0.2) is 0 Å². The van der Waals surface area contributed by atoms with Crippen LogP contribution in [0, 0.1) is 5.41 Å². The molecule has 98 valence electrons. The van der Waals surface area contributed by atoms with Gasteiger partial charge in [0, 0.05) is 5.02 Å². The van der Waals surface area contributed by atoms with Crippen LogP contribution in [0.3, 0.4) is 0 Å². The van der Waals surface area contributed by atoms with Crippen molar-refractivity contribution in [3.05, 3.63) is 40.9 Å². The van der Waals surface area contributed by atoms with E-state index in [0.717, 1.165) is 11.1 Å². The van der Waals surface area contributed by atoms with E-state index in [2.05, 4.69) is 0 Å². The zero-order chi connectivity index (χ0) is 13.8. The van der Waals surface area contributed by atoms with Gasteiger partial charge in [0.25, 0.3) is 3.79 Å². The summed E-state index contributed by atoms with van der Waals surface area (Å²) in [4.78, 5) is 0. The number of benzene rings is 1. The predicted molar refractivity (Wildman–Crippen MR) is 79.1 cm³/mol. The van der Waals surface area contributed by atoms with Crippen molar-refractivity contribution in [1.82, 2.24) is 0 Å². The summed E-state index contributed by atoms with van der Waals surface area (Å²) < 4.78 is 3.18. The molecule has 0 amide bonds. The Labute approximate surface area is 126 Å². The fraction of sp³-hybridized carbons (Fsp3) is 0.250. The first-order valence-corrected chi connectivity index (χ1v) is 6.53. The van der Waals surface area contributed by atoms with Crippen LogP contribution in [-0.4, -0.2) is 16.3 Å². The molecule has 0 fully saturated rings. The van der Waals surface area contributed by atoms with Crippen molar-refractivity contribution in [2.75, 3.05) is 6.61 Å². The van der Waals surface area contributed by atoms with Crippen molar-refractivity contribution in [3.63, 3.8) is 0 Å². The number of rotatable bonds is 3. The molecule has 0 aliphatic heterocycles. The first-order chi connectivity index (χ1) is 8.32. The third-order valence-corrected chi connectivity index (χ3v) is 3.02. The summed E-state index contributed by atoms with van der Waals surface area (Å²) in [7, 11) is 0. The minimum absolute atomic E-state index is 0.143. The molecular weight excluding hydrogens is 316 g/mol. The zero-order valence-electron chi connectivity index (χ0n) is 9.51. The van der Waals surface area contributed by atoms with E-state index in [4.69, 9.17) is 56.5 Å². The van der Waals surface area contributed by atoms with Gasteiger partial charge >= 0.3 is 0 Å². The van der Waals surface area contributed by atoms with Crippen LogP contribution in [0.25, 0.3) is 5.57 Å². The van der Waals surface area contributed by atoms with Crippen LogP contribution in [0.5, 0.6) is 0 Å². The van der Waals surface area contributed by atoms with Crippen LogP contribution >= 0.6 is 46.4 Å². The van der Waals surface area contributed by atoms with Gasteiger partial charge in [-0.2, -0.15) is 0 Å². The number of alkyl halides is 3. The fourth-order valence-corrected chi connectivity index (χ4v) is 1.67. The molecule has 0 bridgehead atoms. The Kier molecular flexibility index (Phi) is 5.80. The summed E-state index contributed by atoms with van der Waals surface area (Å²) in [5.41, 5.74) is 1.83. The summed E-state index contributed by atoms with van der Waals surface area (Å²) in [6, 6.07) is 7.45. The van der Waals surface area contributed by atoms with E-state index in [1.807, 2.05) is 25.1 Å². The molecule has 0 aromatic heterocycles. The number of nitrogens with one attached hydrogen (secondary N) is 1. The molecule has 0 aliphatic rings. The maximum Gasteiger partial charge on any atom is 0.265 e. The number of allylic oxidation sites excluding steroid dienone is 1. The largest absolute Gasteiger partial charge is 0.474 e. The quantitative estimate of drug-likeness (QED) is 0.467. The standard InChI is InChI=1S/C12H11Cl4NO/c1-8(9-4-2-3-5-10(9)13)6-7-18-11(17)12(14,15)16/h2-6,17H,7H2,1H3/b8-6+,17-11?. The molecule has 0 saturated heterocycles. The summed E-state index contributed by atoms with van der Waals surface area (Å²) in [5, 5.41) is 8.01. The lowest BCUT2D eigenvalue weighted by Crippen LogP contribution is -2.21. The van der Waals surface area contributed by atoms with Crippen LogP contribution in [-0.2, 0) is 4.74 Å². The molecule has 0 aliphatic carbocycles. The van der Waals surface area contributed by atoms with E-state index in [0.29, 0.717) is 5.02 Å². The van der Waals surface area contributed by atoms with Crippen LogP contribution in [0.4, 0.5) is 0 Å². The smallest absolute Gasteiger partial charge is 0.265 e. The fourth-order valence-electron chi connectivity index (χ4n) is 1.22. The van der Waals surface area contributed by atoms with E-state index < -0.39 is 9.69 Å². The Hall–Kier alpha value is -0.410. The molecule has 0 unspecified atom stereocenters. The molecule has 0 radical (unpaired) electrons. The van der Waals surface area contributed by atoms with Crippen molar-refractivity contribution in [2.45, 2.75) is 10.7 Å². The molecule has 1 N–H and O–H groups in total. The Morgan fingerprint density at radius 2 is 1.94 bits per heavy atom. The molecule has 0 atom stereocenters. The van der Waals surface area contributed by atoms with E-state index in [9.17, 15) is 0 Å². The van der Waals surface area contributed by atoms with E-state index in [1.54, 1.807) is 12.1 Å². The zero-order valence-corrected chi connectivity index (χ0v) is 12.5. The topological polar surface area (TPSA) is 33.1 Å². The molecule has 0 spiro atoms. The highest BCUT2D eigenvalue weighted by molar-refractivity contribution is 6.76. The van der Waals surface area contributed by atoms with E-state index >= 15 is 0 Å². The number of ether oxygens (including phenoxy) is 1. The summed E-state index contributed by atoms with van der Waals surface area (Å²) in [5.74, 6) is -0.407. The number of hydrogen-bond donors (Lipinski definition) is 1. The van der Waals surface area contributed by atoms with Crippen molar-refractivity contribution < 1.29 is 4.74 Å². The molecule has 1 rings (SSSR count). The van der Waals surface area contributed by atoms with Gasteiger partial charge < -0.3 is 4.74 Å². The molecule has 18 heavy (non-hydrogen) atoms. The van der Waals surface area contributed by atoms with Crippen molar-refractivity contribution in [1.29, 1.82) is 5.41 Å². The minimum Gasteiger partial charge on any atom is -0.474 e. The van der Waals surface area contributed by atoms with E-state index in [1.165, 1.54) is 0 Å². The summed E-state index contributed by atoms with van der Waals surface area (Å²) >= 11 is 22.5. The lowest BCUT2D eigenvalue weighted by molar-refractivity contribution is 0.340. The lowest BCUT2D eigenvalue weighted by Gasteiger charge is -2.12. The first kappa shape index (κ1) is 15.6. The van der Waals surface area contributed by atoms with Crippen LogP contribution in [0.2, 0.25) is 5.02 Å². The number of hydrogen-bond acceptors (Lipinski definition) is 2. The highest BCUT2D eigenvalue weighted by atomic mass is 35.6. The minimum atomic E-state index is -1.83. The molecule has 1 aromatic carbocycles. The predicted octanol–water partition coefficient (Wildman–Crippen LogP) is 5.11. The second-order valence-corrected chi connectivity index (χ2v) is 6.19. The van der Waals surface area contributed by atoms with Gasteiger partial charge in [0.05, 0.1) is 0 Å². The van der Waals surface area contributed by atoms with Crippen molar-refractivity contribution in [2.24, 2.45) is 0 Å². The average molecular weight is 327 g/mol. The van der Waals surface area contributed by atoms with Crippen LogP contribution in [0.1, 0.15) is 12.5 Å². The summed E-state index contributed by atoms with van der Waals surface area (Å²) in [6.45, 7) is 2.04. The Morgan fingerprint density at radius 1 is 1.33 bits per heavy atom. The van der Waals surface area contributed by atoms with Gasteiger partial charge in [-0.25, -0.2) is 0 Å². The maximum absolute atomic E-state index is 7.36. The van der Waals surface area contributed by atoms with Crippen LogP contribution < -0.4 is 0 Å². The molecular formula is C12H11Cl4NO. The first-order valence-electron chi connectivity index (χ1n) is 5.02. The van der Waals surface area contributed by atoms with Gasteiger partial charge in [-0.3, -0.25) is 5.41 Å². The third kappa shape index (κ3) is 4.69. The second-order valence-electron chi connectivity index (χ2n) is 3.50. The normalized spacial score (nSPS) is 12.4. The van der Waals surface area contributed by atoms with Gasteiger partial charge in [-0.1, -0.05) is 64.6 Å². The van der Waals surface area contributed by atoms with Gasteiger partial charge in [0.1, 0.15) is 6.61 Å². The molecule has 0 heterocycles. The van der Waals surface area contributed by atoms with Crippen molar-refractivity contribution >= 4 is 57.9 Å². The highest BCUT2D eigenvalue weighted by Crippen LogP contribution is 2.28. The monoisotopic (exact) mass is 325 g/mol. The van der Waals surface area contributed by atoms with E-state index in [-0.39, 0.29) is 6.61 Å². The van der Waals surface area contributed by atoms with Gasteiger partial charge in [-0.05, 0) is 30.2 Å². The van der Waals surface area contributed by atoms with Gasteiger partial charge in [0.2, 0.25) is 5.90 Å². The SMILES string of the molecule is C/C(=C\COC(=N)C(Cl)(Cl)Cl)c1ccccc1Cl. The Morgan fingerprint density at radius 3 is 2.50 bits per heavy atom. The number of halogens is 4. The Balaban J connectivity index is 2.64. The highest BCUT2D eigenvalue weighted by Gasteiger charge is 2.28. The lowest BCUT2D eigenvalue weighted by atomic mass is 10.1. The maximum atomic E-state index is 7.36. The Bertz CT molecular complexity index is 465. The third-order valence-electron chi connectivity index (χ3n) is 2.17. The average Bonchev–Trinajstić information content (AvgIpc) is 2.28. The van der Waals surface area contributed by atoms with Crippen molar-refractivity contribution in [3.8, 4) is 0 Å². The second kappa shape index (κ2) is 6.67. The molecule has 6 heteroatoms. The van der Waals surface area contributed by atoms with Crippen LogP contribution in [0.15, 0.2) is 30.3 Å². The summed E-state index contributed by atoms with van der Waals surface area (Å²) in [6.07, 6.45) is 1.77. The molecule has 1 aromatic rings. The molecule has 2 nitrogen and oxygen atoms in total.